The Morgan fingerprint density at radius 2 is 2.10 bits per heavy atom. The number of aliphatic carboxylic acids is 1. The molecule has 1 amide bonds. The van der Waals surface area contributed by atoms with Crippen LogP contribution in [0.4, 0.5) is 5.69 Å². The minimum Gasteiger partial charge on any atom is -0.480 e. The number of amides is 1. The van der Waals surface area contributed by atoms with Crippen LogP contribution in [0.3, 0.4) is 0 Å². The van der Waals surface area contributed by atoms with E-state index in [1.807, 2.05) is 19.1 Å². The predicted molar refractivity (Wildman–Crippen MR) is 73.8 cm³/mol. The van der Waals surface area contributed by atoms with Gasteiger partial charge in [0, 0.05) is 18.8 Å². The average molecular weight is 278 g/mol. The molecule has 0 aliphatic carbocycles. The van der Waals surface area contributed by atoms with Crippen LogP contribution in [0, 0.1) is 6.92 Å². The molecule has 1 atom stereocenters. The van der Waals surface area contributed by atoms with Gasteiger partial charge in [0.2, 0.25) is 0 Å². The first kappa shape index (κ1) is 14.5. The van der Waals surface area contributed by atoms with Crippen LogP contribution in [-0.2, 0) is 14.3 Å². The molecule has 20 heavy (non-hydrogen) atoms. The largest absolute Gasteiger partial charge is 0.480 e. The van der Waals surface area contributed by atoms with Crippen LogP contribution in [0.2, 0.25) is 0 Å². The molecule has 0 saturated carbocycles. The number of rotatable bonds is 4. The van der Waals surface area contributed by atoms with Crippen molar-refractivity contribution < 1.29 is 19.4 Å². The molecule has 1 heterocycles. The third-order valence-corrected chi connectivity index (χ3v) is 3.11. The Morgan fingerprint density at radius 3 is 2.65 bits per heavy atom. The van der Waals surface area contributed by atoms with Gasteiger partial charge in [0.25, 0.3) is 5.91 Å². The SMILES string of the molecule is Cc1ccc(N(CC(=O)O)C(=O)C2CNCCO2)cc1. The summed E-state index contributed by atoms with van der Waals surface area (Å²) in [6.07, 6.45) is -0.635. The molecule has 0 bridgehead atoms. The lowest BCUT2D eigenvalue weighted by Gasteiger charge is -2.29. The fourth-order valence-electron chi connectivity index (χ4n) is 2.05. The Bertz CT molecular complexity index is 480. The summed E-state index contributed by atoms with van der Waals surface area (Å²) in [5.41, 5.74) is 1.62. The van der Waals surface area contributed by atoms with Crippen molar-refractivity contribution in [3.05, 3.63) is 29.8 Å². The molecule has 0 spiro atoms. The molecule has 6 heteroatoms. The number of aryl methyl sites for hydroxylation is 1. The van der Waals surface area contributed by atoms with Crippen molar-refractivity contribution in [2.75, 3.05) is 31.1 Å². The number of nitrogens with one attached hydrogen (secondary N) is 1. The van der Waals surface area contributed by atoms with Gasteiger partial charge in [0.15, 0.2) is 0 Å². The molecule has 0 aromatic heterocycles. The lowest BCUT2D eigenvalue weighted by molar-refractivity contribution is -0.139. The number of carbonyl (C=O) groups excluding carboxylic acids is 1. The highest BCUT2D eigenvalue weighted by atomic mass is 16.5. The van der Waals surface area contributed by atoms with Crippen LogP contribution >= 0.6 is 0 Å². The average Bonchev–Trinajstić information content (AvgIpc) is 2.46. The van der Waals surface area contributed by atoms with Crippen molar-refractivity contribution in [3.8, 4) is 0 Å². The van der Waals surface area contributed by atoms with Crippen molar-refractivity contribution in [2.24, 2.45) is 0 Å². The third kappa shape index (κ3) is 3.55. The summed E-state index contributed by atoms with van der Waals surface area (Å²) in [5.74, 6) is -1.38. The zero-order chi connectivity index (χ0) is 14.5. The number of hydrogen-bond donors (Lipinski definition) is 2. The van der Waals surface area contributed by atoms with Gasteiger partial charge in [-0.15, -0.1) is 0 Å². The van der Waals surface area contributed by atoms with Crippen molar-refractivity contribution >= 4 is 17.6 Å². The number of morpholine rings is 1. The van der Waals surface area contributed by atoms with E-state index in [4.69, 9.17) is 9.84 Å². The first-order valence-corrected chi connectivity index (χ1v) is 6.50. The number of hydrogen-bond acceptors (Lipinski definition) is 4. The fraction of sp³-hybridized carbons (Fsp3) is 0.429. The lowest BCUT2D eigenvalue weighted by Crippen LogP contribution is -2.50. The summed E-state index contributed by atoms with van der Waals surface area (Å²) >= 11 is 0. The minimum atomic E-state index is -1.05. The summed E-state index contributed by atoms with van der Waals surface area (Å²) in [6, 6.07) is 7.17. The van der Waals surface area contributed by atoms with Crippen molar-refractivity contribution in [1.29, 1.82) is 0 Å². The zero-order valence-corrected chi connectivity index (χ0v) is 11.3. The number of benzene rings is 1. The maximum Gasteiger partial charge on any atom is 0.323 e. The van der Waals surface area contributed by atoms with E-state index in [0.29, 0.717) is 25.4 Å². The lowest BCUT2D eigenvalue weighted by atomic mass is 10.2. The first-order valence-electron chi connectivity index (χ1n) is 6.50. The molecule has 1 aromatic rings. The van der Waals surface area contributed by atoms with Gasteiger partial charge >= 0.3 is 5.97 Å². The van der Waals surface area contributed by atoms with Gasteiger partial charge in [-0.25, -0.2) is 0 Å². The van der Waals surface area contributed by atoms with E-state index < -0.39 is 12.1 Å². The standard InChI is InChI=1S/C14H18N2O4/c1-10-2-4-11(5-3-10)16(9-13(17)18)14(19)12-8-15-6-7-20-12/h2-5,12,15H,6-9H2,1H3,(H,17,18). The van der Waals surface area contributed by atoms with Gasteiger partial charge in [-0.3, -0.25) is 14.5 Å². The van der Waals surface area contributed by atoms with Crippen molar-refractivity contribution in [2.45, 2.75) is 13.0 Å². The Balaban J connectivity index is 2.19. The molecule has 108 valence electrons. The quantitative estimate of drug-likeness (QED) is 0.833. The molecule has 6 nitrogen and oxygen atoms in total. The van der Waals surface area contributed by atoms with Crippen LogP contribution in [0.5, 0.6) is 0 Å². The summed E-state index contributed by atoms with van der Waals surface area (Å²) in [5, 5.41) is 12.1. The highest BCUT2D eigenvalue weighted by molar-refractivity contribution is 6.00. The van der Waals surface area contributed by atoms with E-state index in [1.54, 1.807) is 12.1 Å². The fourth-order valence-corrected chi connectivity index (χ4v) is 2.05. The summed E-state index contributed by atoms with van der Waals surface area (Å²) in [7, 11) is 0. The van der Waals surface area contributed by atoms with Gasteiger partial charge in [-0.05, 0) is 19.1 Å². The Kier molecular flexibility index (Phi) is 4.70. The minimum absolute atomic E-state index is 0.330. The molecule has 2 rings (SSSR count). The van der Waals surface area contributed by atoms with Gasteiger partial charge in [0.1, 0.15) is 12.6 Å². The van der Waals surface area contributed by atoms with Crippen LogP contribution in [0.25, 0.3) is 0 Å². The molecule has 0 radical (unpaired) electrons. The molecular weight excluding hydrogens is 260 g/mol. The number of carbonyl (C=O) groups is 2. The van der Waals surface area contributed by atoms with E-state index in [-0.39, 0.29) is 12.5 Å². The zero-order valence-electron chi connectivity index (χ0n) is 11.3. The number of anilines is 1. The van der Waals surface area contributed by atoms with Crippen LogP contribution in [0.1, 0.15) is 5.56 Å². The normalized spacial score (nSPS) is 18.6. The highest BCUT2D eigenvalue weighted by Gasteiger charge is 2.29. The first-order chi connectivity index (χ1) is 9.58. The van der Waals surface area contributed by atoms with E-state index in [2.05, 4.69) is 5.32 Å². The van der Waals surface area contributed by atoms with E-state index in [1.165, 1.54) is 4.90 Å². The predicted octanol–water partition coefficient (Wildman–Crippen LogP) is 0.401. The molecular formula is C14H18N2O4. The molecule has 1 aromatic carbocycles. The van der Waals surface area contributed by atoms with Crippen molar-refractivity contribution in [3.63, 3.8) is 0 Å². The van der Waals surface area contributed by atoms with Gasteiger partial charge < -0.3 is 15.2 Å². The summed E-state index contributed by atoms with van der Waals surface area (Å²) in [6.45, 7) is 3.11. The Morgan fingerprint density at radius 1 is 1.40 bits per heavy atom. The van der Waals surface area contributed by atoms with Gasteiger partial charge in [-0.1, -0.05) is 17.7 Å². The van der Waals surface area contributed by atoms with E-state index in [0.717, 1.165) is 5.56 Å². The number of carboxylic acid groups (broad SMARTS) is 1. The van der Waals surface area contributed by atoms with Gasteiger partial charge in [-0.2, -0.15) is 0 Å². The third-order valence-electron chi connectivity index (χ3n) is 3.11. The molecule has 1 aliphatic heterocycles. The Labute approximate surface area is 117 Å². The summed E-state index contributed by atoms with van der Waals surface area (Å²) < 4.78 is 5.40. The molecule has 2 N–H and O–H groups in total. The maximum atomic E-state index is 12.4. The second kappa shape index (κ2) is 6.49. The second-order valence-electron chi connectivity index (χ2n) is 4.72. The van der Waals surface area contributed by atoms with Crippen LogP contribution in [-0.4, -0.2) is 49.3 Å². The van der Waals surface area contributed by atoms with Gasteiger partial charge in [0.05, 0.1) is 6.61 Å². The monoisotopic (exact) mass is 278 g/mol. The van der Waals surface area contributed by atoms with Crippen LogP contribution in [0.15, 0.2) is 24.3 Å². The maximum absolute atomic E-state index is 12.4. The number of nitrogens with zero attached hydrogens (tertiary/aromatic N) is 1. The van der Waals surface area contributed by atoms with Crippen LogP contribution < -0.4 is 10.2 Å². The van der Waals surface area contributed by atoms with Crippen molar-refractivity contribution in [1.82, 2.24) is 5.32 Å². The highest BCUT2D eigenvalue weighted by Crippen LogP contribution is 2.17. The second-order valence-corrected chi connectivity index (χ2v) is 4.72. The number of carboxylic acids is 1. The Hall–Kier alpha value is -1.92. The van der Waals surface area contributed by atoms with E-state index in [9.17, 15) is 9.59 Å². The molecule has 1 aliphatic rings. The number of ether oxygens (including phenoxy) is 1. The smallest absolute Gasteiger partial charge is 0.323 e. The molecule has 1 unspecified atom stereocenters. The molecule has 1 saturated heterocycles. The molecule has 1 fully saturated rings. The summed E-state index contributed by atoms with van der Waals surface area (Å²) in [4.78, 5) is 24.7. The van der Waals surface area contributed by atoms with E-state index >= 15 is 0 Å². The topological polar surface area (TPSA) is 78.9 Å².